The van der Waals surface area contributed by atoms with Gasteiger partial charge in [-0.3, -0.25) is 14.6 Å². The normalized spacial score (nSPS) is 20.1. The molecule has 170 valence electrons. The minimum absolute atomic E-state index is 0.0593. The number of hydrogen-bond acceptors (Lipinski definition) is 5. The number of halogens is 1. The van der Waals surface area contributed by atoms with E-state index in [1.54, 1.807) is 4.90 Å². The topological polar surface area (TPSA) is 74.1 Å². The molecule has 33 heavy (non-hydrogen) atoms. The molecule has 1 aliphatic carbocycles. The van der Waals surface area contributed by atoms with Crippen LogP contribution in [0.3, 0.4) is 0 Å². The largest absolute Gasteiger partial charge is 0.353 e. The van der Waals surface area contributed by atoms with Crippen LogP contribution in [0.15, 0.2) is 58.5 Å². The molecule has 3 aliphatic rings. The van der Waals surface area contributed by atoms with Gasteiger partial charge in [0.2, 0.25) is 5.91 Å². The predicted molar refractivity (Wildman–Crippen MR) is 133 cm³/mol. The van der Waals surface area contributed by atoms with Crippen LogP contribution in [0.25, 0.3) is 0 Å². The van der Waals surface area contributed by atoms with Crippen molar-refractivity contribution in [1.82, 2.24) is 10.2 Å². The molecule has 2 heterocycles. The lowest BCUT2D eigenvalue weighted by atomic mass is 9.95. The lowest BCUT2D eigenvalue weighted by Crippen LogP contribution is -2.43. The van der Waals surface area contributed by atoms with E-state index < -0.39 is 6.04 Å². The molecule has 2 aromatic rings. The van der Waals surface area contributed by atoms with Gasteiger partial charge in [-0.05, 0) is 42.7 Å². The highest BCUT2D eigenvalue weighted by Crippen LogP contribution is 2.35. The molecule has 1 atom stereocenters. The Kier molecular flexibility index (Phi) is 6.51. The van der Waals surface area contributed by atoms with Crippen LogP contribution in [0.5, 0.6) is 0 Å². The lowest BCUT2D eigenvalue weighted by Gasteiger charge is -2.25. The number of fused-ring (bicyclic) bond motifs is 3. The molecule has 2 aromatic carbocycles. The summed E-state index contributed by atoms with van der Waals surface area (Å²) in [5.74, 6) is 0.888. The number of para-hydroxylation sites is 1. The Bertz CT molecular complexity index is 1140. The number of hydrogen-bond donors (Lipinski definition) is 1. The molecule has 6 nitrogen and oxygen atoms in total. The molecule has 0 radical (unpaired) electrons. The molecule has 5 rings (SSSR count). The fraction of sp³-hybridized carbons (Fsp3) is 0.360. The molecule has 2 aliphatic heterocycles. The summed E-state index contributed by atoms with van der Waals surface area (Å²) in [5.41, 5.74) is 2.64. The van der Waals surface area contributed by atoms with Gasteiger partial charge in [0.05, 0.1) is 12.1 Å². The smallest absolute Gasteiger partial charge is 0.259 e. The molecule has 0 spiro atoms. The second-order valence-electron chi connectivity index (χ2n) is 8.58. The quantitative estimate of drug-likeness (QED) is 0.649. The van der Waals surface area contributed by atoms with Crippen LogP contribution in [-0.2, 0) is 15.3 Å². The SMILES string of the molecule is O=C(C[C@H]1N=C2c3ccccc3N=C(SCc3cccc(Cl)c3)N2C1=O)NC1CCCCC1. The average molecular weight is 481 g/mol. The zero-order chi connectivity index (χ0) is 22.8. The number of thioether (sulfide) groups is 1. The number of benzene rings is 2. The van der Waals surface area contributed by atoms with E-state index in [0.29, 0.717) is 21.8 Å². The molecule has 0 aromatic heterocycles. The summed E-state index contributed by atoms with van der Waals surface area (Å²) in [4.78, 5) is 37.1. The Balaban J connectivity index is 1.35. The number of carbonyl (C=O) groups excluding carboxylic acids is 2. The number of nitrogens with one attached hydrogen (secondary N) is 1. The fourth-order valence-electron chi connectivity index (χ4n) is 4.52. The summed E-state index contributed by atoms with van der Waals surface area (Å²) < 4.78 is 0. The van der Waals surface area contributed by atoms with Crippen LogP contribution in [0, 0.1) is 0 Å². The van der Waals surface area contributed by atoms with Crippen molar-refractivity contribution in [2.24, 2.45) is 9.98 Å². The van der Waals surface area contributed by atoms with Crippen LogP contribution in [0.2, 0.25) is 5.02 Å². The molecule has 0 unspecified atom stereocenters. The summed E-state index contributed by atoms with van der Waals surface area (Å²) in [7, 11) is 0. The van der Waals surface area contributed by atoms with E-state index in [9.17, 15) is 9.59 Å². The molecular weight excluding hydrogens is 456 g/mol. The van der Waals surface area contributed by atoms with Crippen LogP contribution in [0.4, 0.5) is 5.69 Å². The summed E-state index contributed by atoms with van der Waals surface area (Å²) in [6.45, 7) is 0. The molecule has 1 saturated carbocycles. The second-order valence-corrected chi connectivity index (χ2v) is 9.96. The van der Waals surface area contributed by atoms with Crippen molar-refractivity contribution in [3.05, 3.63) is 64.7 Å². The molecule has 0 saturated heterocycles. The molecule has 1 fully saturated rings. The van der Waals surface area contributed by atoms with Crippen LogP contribution >= 0.6 is 23.4 Å². The van der Waals surface area contributed by atoms with Crippen molar-refractivity contribution < 1.29 is 9.59 Å². The van der Waals surface area contributed by atoms with Crippen molar-refractivity contribution in [3.63, 3.8) is 0 Å². The maximum atomic E-state index is 13.4. The van der Waals surface area contributed by atoms with E-state index in [4.69, 9.17) is 21.6 Å². The summed E-state index contributed by atoms with van der Waals surface area (Å²) >= 11 is 7.59. The zero-order valence-corrected chi connectivity index (χ0v) is 19.7. The third-order valence-electron chi connectivity index (χ3n) is 6.15. The van der Waals surface area contributed by atoms with Gasteiger partial charge in [-0.15, -0.1) is 0 Å². The van der Waals surface area contributed by atoms with Gasteiger partial charge >= 0.3 is 0 Å². The lowest BCUT2D eigenvalue weighted by molar-refractivity contribution is -0.129. The number of amides is 2. The summed E-state index contributed by atoms with van der Waals surface area (Å²) in [6, 6.07) is 14.8. The average Bonchev–Trinajstić information content (AvgIpc) is 3.14. The number of amidine groups is 2. The first kappa shape index (κ1) is 22.2. The van der Waals surface area contributed by atoms with Gasteiger partial charge in [-0.2, -0.15) is 0 Å². The van der Waals surface area contributed by atoms with E-state index in [0.717, 1.165) is 42.5 Å². The second kappa shape index (κ2) is 9.69. The van der Waals surface area contributed by atoms with E-state index in [2.05, 4.69) is 5.32 Å². The first-order chi connectivity index (χ1) is 16.1. The van der Waals surface area contributed by atoms with Gasteiger partial charge in [-0.1, -0.05) is 66.9 Å². The highest BCUT2D eigenvalue weighted by atomic mass is 35.5. The van der Waals surface area contributed by atoms with Crippen molar-refractivity contribution in [2.45, 2.75) is 56.4 Å². The summed E-state index contributed by atoms with van der Waals surface area (Å²) in [5, 5.41) is 4.35. The van der Waals surface area contributed by atoms with Gasteiger partial charge in [0.1, 0.15) is 11.9 Å². The van der Waals surface area contributed by atoms with Crippen LogP contribution in [0.1, 0.15) is 49.7 Å². The van der Waals surface area contributed by atoms with Crippen molar-refractivity contribution in [1.29, 1.82) is 0 Å². The Morgan fingerprint density at radius 3 is 2.76 bits per heavy atom. The van der Waals surface area contributed by atoms with Gasteiger partial charge in [0, 0.05) is 22.4 Å². The van der Waals surface area contributed by atoms with Gasteiger partial charge in [0.25, 0.3) is 5.91 Å². The molecule has 2 amide bonds. The minimum atomic E-state index is -0.730. The van der Waals surface area contributed by atoms with E-state index in [1.165, 1.54) is 18.2 Å². The monoisotopic (exact) mass is 480 g/mol. The van der Waals surface area contributed by atoms with E-state index >= 15 is 0 Å². The maximum absolute atomic E-state index is 13.4. The highest BCUT2D eigenvalue weighted by Gasteiger charge is 2.42. The fourth-order valence-corrected chi connectivity index (χ4v) is 5.67. The van der Waals surface area contributed by atoms with Gasteiger partial charge in [0.15, 0.2) is 5.17 Å². The van der Waals surface area contributed by atoms with Gasteiger partial charge < -0.3 is 5.32 Å². The molecule has 0 bridgehead atoms. The Morgan fingerprint density at radius 1 is 1.12 bits per heavy atom. The third kappa shape index (κ3) is 4.84. The maximum Gasteiger partial charge on any atom is 0.259 e. The van der Waals surface area contributed by atoms with Crippen LogP contribution in [-0.4, -0.2) is 39.8 Å². The highest BCUT2D eigenvalue weighted by molar-refractivity contribution is 8.13. The van der Waals surface area contributed by atoms with Crippen molar-refractivity contribution >= 4 is 51.9 Å². The van der Waals surface area contributed by atoms with Crippen LogP contribution < -0.4 is 5.32 Å². The number of aliphatic imine (C=N–C) groups is 2. The number of carbonyl (C=O) groups is 2. The first-order valence-electron chi connectivity index (χ1n) is 11.3. The predicted octanol–water partition coefficient (Wildman–Crippen LogP) is 5.07. The molecular formula is C25H25ClN4O2S. The van der Waals surface area contributed by atoms with Crippen molar-refractivity contribution in [3.8, 4) is 0 Å². The molecule has 8 heteroatoms. The third-order valence-corrected chi connectivity index (χ3v) is 7.40. The zero-order valence-electron chi connectivity index (χ0n) is 18.2. The Morgan fingerprint density at radius 2 is 1.94 bits per heavy atom. The number of nitrogens with zero attached hydrogens (tertiary/aromatic N) is 3. The number of rotatable bonds is 5. The van der Waals surface area contributed by atoms with E-state index in [-0.39, 0.29) is 24.3 Å². The Hall–Kier alpha value is -2.64. The van der Waals surface area contributed by atoms with Crippen molar-refractivity contribution in [2.75, 3.05) is 0 Å². The first-order valence-corrected chi connectivity index (χ1v) is 12.7. The van der Waals surface area contributed by atoms with E-state index in [1.807, 2.05) is 48.5 Å². The standard InChI is InChI=1S/C25H25ClN4O2S/c26-17-8-6-7-16(13-17)15-33-25-29-20-12-5-4-11-19(20)23-28-21(24(32)30(23)25)14-22(31)27-18-9-2-1-3-10-18/h4-8,11-13,18,21H,1-3,9-10,14-15H2,(H,27,31)/t21-/m1/s1. The minimum Gasteiger partial charge on any atom is -0.353 e. The summed E-state index contributed by atoms with van der Waals surface area (Å²) in [6.07, 6.45) is 5.59. The molecule has 1 N–H and O–H groups in total. The van der Waals surface area contributed by atoms with Gasteiger partial charge in [-0.25, -0.2) is 9.89 Å². The Labute approximate surface area is 202 Å².